The van der Waals surface area contributed by atoms with Crippen LogP contribution in [0.2, 0.25) is 0 Å². The van der Waals surface area contributed by atoms with Crippen molar-refractivity contribution >= 4 is 5.91 Å². The number of carbonyl (C=O) groups is 1. The predicted molar refractivity (Wildman–Crippen MR) is 77.4 cm³/mol. The zero-order chi connectivity index (χ0) is 14.5. The van der Waals surface area contributed by atoms with Crippen LogP contribution in [0.3, 0.4) is 0 Å². The maximum Gasteiger partial charge on any atom is 0.240 e. The van der Waals surface area contributed by atoms with Crippen LogP contribution >= 0.6 is 0 Å². The molecule has 19 heavy (non-hydrogen) atoms. The van der Waals surface area contributed by atoms with Crippen molar-refractivity contribution in [3.05, 3.63) is 0 Å². The van der Waals surface area contributed by atoms with Gasteiger partial charge < -0.3 is 5.32 Å². The van der Waals surface area contributed by atoms with E-state index in [0.717, 1.165) is 6.42 Å². The van der Waals surface area contributed by atoms with E-state index in [0.29, 0.717) is 25.3 Å². The summed E-state index contributed by atoms with van der Waals surface area (Å²) in [7, 11) is 0. The summed E-state index contributed by atoms with van der Waals surface area (Å²) < 4.78 is 0. The van der Waals surface area contributed by atoms with Gasteiger partial charge in [0.1, 0.15) is 5.41 Å². The highest BCUT2D eigenvalue weighted by Crippen LogP contribution is 2.45. The van der Waals surface area contributed by atoms with Crippen molar-refractivity contribution in [2.24, 2.45) is 16.7 Å². The van der Waals surface area contributed by atoms with Crippen LogP contribution in [0.25, 0.3) is 0 Å². The SMILES string of the molecule is CCCCCC(C)(C)CNC(=O)C1(C#N)CC(C)C1. The van der Waals surface area contributed by atoms with E-state index in [1.807, 2.05) is 0 Å². The Morgan fingerprint density at radius 3 is 2.53 bits per heavy atom. The highest BCUT2D eigenvalue weighted by atomic mass is 16.2. The molecule has 0 bridgehead atoms. The van der Waals surface area contributed by atoms with Crippen molar-refractivity contribution in [2.45, 2.75) is 66.2 Å². The summed E-state index contributed by atoms with van der Waals surface area (Å²) in [6.45, 7) is 9.34. The molecule has 3 nitrogen and oxygen atoms in total. The lowest BCUT2D eigenvalue weighted by molar-refractivity contribution is -0.134. The molecule has 0 aromatic heterocycles. The van der Waals surface area contributed by atoms with Crippen molar-refractivity contribution in [3.8, 4) is 6.07 Å². The highest BCUT2D eigenvalue weighted by molar-refractivity contribution is 5.86. The van der Waals surface area contributed by atoms with E-state index in [1.54, 1.807) is 0 Å². The summed E-state index contributed by atoms with van der Waals surface area (Å²) in [6, 6.07) is 2.22. The minimum Gasteiger partial charge on any atom is -0.354 e. The van der Waals surface area contributed by atoms with Gasteiger partial charge in [0.2, 0.25) is 5.91 Å². The second-order valence-electron chi connectivity index (χ2n) is 7.01. The van der Waals surface area contributed by atoms with Gasteiger partial charge in [-0.15, -0.1) is 0 Å². The highest BCUT2D eigenvalue weighted by Gasteiger charge is 2.48. The smallest absolute Gasteiger partial charge is 0.240 e. The maximum absolute atomic E-state index is 12.2. The lowest BCUT2D eigenvalue weighted by atomic mass is 9.63. The molecule has 1 aliphatic carbocycles. The number of unbranched alkanes of at least 4 members (excludes halogenated alkanes) is 2. The Bertz CT molecular complexity index is 348. The quantitative estimate of drug-likeness (QED) is 0.714. The summed E-state index contributed by atoms with van der Waals surface area (Å²) in [4.78, 5) is 12.2. The van der Waals surface area contributed by atoms with E-state index in [1.165, 1.54) is 19.3 Å². The number of hydrogen-bond acceptors (Lipinski definition) is 2. The van der Waals surface area contributed by atoms with Gasteiger partial charge in [-0.25, -0.2) is 0 Å². The van der Waals surface area contributed by atoms with Crippen molar-refractivity contribution in [3.63, 3.8) is 0 Å². The average molecular weight is 264 g/mol. The first kappa shape index (κ1) is 16.0. The lowest BCUT2D eigenvalue weighted by Gasteiger charge is -2.40. The Morgan fingerprint density at radius 1 is 1.42 bits per heavy atom. The van der Waals surface area contributed by atoms with Crippen molar-refractivity contribution < 1.29 is 4.79 Å². The Labute approximate surface area is 117 Å². The number of carbonyl (C=O) groups excluding carboxylic acids is 1. The second-order valence-corrected chi connectivity index (χ2v) is 7.01. The fourth-order valence-corrected chi connectivity index (χ4v) is 2.89. The molecule has 0 unspecified atom stereocenters. The van der Waals surface area contributed by atoms with Gasteiger partial charge in [-0.05, 0) is 30.6 Å². The first-order valence-electron chi connectivity index (χ1n) is 7.55. The van der Waals surface area contributed by atoms with Crippen molar-refractivity contribution in [1.82, 2.24) is 5.32 Å². The molecular weight excluding hydrogens is 236 g/mol. The van der Waals surface area contributed by atoms with Gasteiger partial charge in [0.05, 0.1) is 6.07 Å². The number of amides is 1. The number of hydrogen-bond donors (Lipinski definition) is 1. The van der Waals surface area contributed by atoms with Crippen LogP contribution in [-0.4, -0.2) is 12.5 Å². The van der Waals surface area contributed by atoms with E-state index in [-0.39, 0.29) is 11.3 Å². The third kappa shape index (κ3) is 4.23. The Kier molecular flexibility index (Phi) is 5.40. The van der Waals surface area contributed by atoms with E-state index in [2.05, 4.69) is 39.1 Å². The zero-order valence-electron chi connectivity index (χ0n) is 12.9. The molecule has 1 saturated carbocycles. The topological polar surface area (TPSA) is 52.9 Å². The number of rotatable bonds is 7. The van der Waals surface area contributed by atoms with Crippen LogP contribution < -0.4 is 5.32 Å². The third-order valence-corrected chi connectivity index (χ3v) is 4.23. The molecule has 108 valence electrons. The molecule has 3 heteroatoms. The Morgan fingerprint density at radius 2 is 2.05 bits per heavy atom. The molecule has 0 aliphatic heterocycles. The van der Waals surface area contributed by atoms with Crippen LogP contribution in [0.1, 0.15) is 66.2 Å². The fraction of sp³-hybridized carbons (Fsp3) is 0.875. The van der Waals surface area contributed by atoms with E-state index >= 15 is 0 Å². The molecule has 0 saturated heterocycles. The molecule has 0 atom stereocenters. The molecule has 0 radical (unpaired) electrons. The predicted octanol–water partition coefficient (Wildman–Crippen LogP) is 3.65. The summed E-state index contributed by atoms with van der Waals surface area (Å²) in [5.74, 6) is 0.444. The van der Waals surface area contributed by atoms with Gasteiger partial charge in [-0.3, -0.25) is 4.79 Å². The lowest BCUT2D eigenvalue weighted by Crippen LogP contribution is -2.50. The van der Waals surface area contributed by atoms with Gasteiger partial charge in [-0.2, -0.15) is 5.26 Å². The van der Waals surface area contributed by atoms with Gasteiger partial charge in [-0.1, -0.05) is 47.0 Å². The summed E-state index contributed by atoms with van der Waals surface area (Å²) in [6.07, 6.45) is 6.23. The van der Waals surface area contributed by atoms with Gasteiger partial charge in [0.15, 0.2) is 0 Å². The molecule has 0 spiro atoms. The molecule has 1 rings (SSSR count). The first-order valence-corrected chi connectivity index (χ1v) is 7.55. The molecule has 0 aromatic rings. The summed E-state index contributed by atoms with van der Waals surface area (Å²) in [5, 5.41) is 12.2. The molecule has 0 aromatic carbocycles. The summed E-state index contributed by atoms with van der Waals surface area (Å²) >= 11 is 0. The standard InChI is InChI=1S/C16H28N2O/c1-5-6-7-8-15(3,4)12-18-14(19)16(11-17)9-13(2)10-16/h13H,5-10,12H2,1-4H3,(H,18,19). The summed E-state index contributed by atoms with van der Waals surface area (Å²) in [5.41, 5.74) is -0.615. The van der Waals surface area contributed by atoms with Crippen molar-refractivity contribution in [2.75, 3.05) is 6.54 Å². The molecule has 0 heterocycles. The maximum atomic E-state index is 12.2. The number of nitriles is 1. The van der Waals surface area contributed by atoms with Crippen LogP contribution in [0.15, 0.2) is 0 Å². The third-order valence-electron chi connectivity index (χ3n) is 4.23. The monoisotopic (exact) mass is 264 g/mol. The zero-order valence-corrected chi connectivity index (χ0v) is 12.9. The fourth-order valence-electron chi connectivity index (χ4n) is 2.89. The van der Waals surface area contributed by atoms with Gasteiger partial charge >= 0.3 is 0 Å². The normalized spacial score (nSPS) is 26.4. The van der Waals surface area contributed by atoms with Crippen LogP contribution in [0.4, 0.5) is 0 Å². The van der Waals surface area contributed by atoms with Crippen LogP contribution in [0, 0.1) is 28.1 Å². The Hall–Kier alpha value is -1.04. The molecular formula is C16H28N2O. The van der Waals surface area contributed by atoms with Gasteiger partial charge in [0.25, 0.3) is 0 Å². The van der Waals surface area contributed by atoms with E-state index in [4.69, 9.17) is 0 Å². The number of nitrogens with one attached hydrogen (secondary N) is 1. The molecule has 1 N–H and O–H groups in total. The van der Waals surface area contributed by atoms with E-state index < -0.39 is 5.41 Å². The minimum atomic E-state index is -0.737. The van der Waals surface area contributed by atoms with E-state index in [9.17, 15) is 10.1 Å². The van der Waals surface area contributed by atoms with Crippen LogP contribution in [0.5, 0.6) is 0 Å². The van der Waals surface area contributed by atoms with Crippen LogP contribution in [-0.2, 0) is 4.79 Å². The first-order chi connectivity index (χ1) is 8.85. The second kappa shape index (κ2) is 6.41. The molecule has 1 fully saturated rings. The molecule has 1 amide bonds. The largest absolute Gasteiger partial charge is 0.354 e. The molecule has 1 aliphatic rings. The Balaban J connectivity index is 2.39. The number of nitrogens with zero attached hydrogens (tertiary/aromatic N) is 1. The minimum absolute atomic E-state index is 0.0586. The average Bonchev–Trinajstić information content (AvgIpc) is 2.32. The van der Waals surface area contributed by atoms with Crippen molar-refractivity contribution in [1.29, 1.82) is 5.26 Å². The van der Waals surface area contributed by atoms with Gasteiger partial charge in [0, 0.05) is 6.54 Å².